The second kappa shape index (κ2) is 10.5. The van der Waals surface area contributed by atoms with E-state index in [0.717, 1.165) is 25.9 Å². The van der Waals surface area contributed by atoms with Gasteiger partial charge in [0.2, 0.25) is 0 Å². The summed E-state index contributed by atoms with van der Waals surface area (Å²) in [7, 11) is 0. The summed E-state index contributed by atoms with van der Waals surface area (Å²) < 4.78 is 5.75. The van der Waals surface area contributed by atoms with Crippen molar-refractivity contribution in [2.24, 2.45) is 5.84 Å². The number of unbranched alkanes of at least 4 members (excludes halogenated alkanes) is 3. The topological polar surface area (TPSA) is 47.3 Å². The molecule has 3 nitrogen and oxygen atoms in total. The number of allylic oxidation sites excluding steroid dienone is 1. The van der Waals surface area contributed by atoms with Crippen LogP contribution in [0.5, 0.6) is 0 Å². The summed E-state index contributed by atoms with van der Waals surface area (Å²) in [6, 6.07) is 0.458. The number of nitrogens with one attached hydrogen (secondary N) is 1. The van der Waals surface area contributed by atoms with Crippen LogP contribution in [-0.4, -0.2) is 18.8 Å². The van der Waals surface area contributed by atoms with Crippen LogP contribution in [0.15, 0.2) is 12.7 Å². The molecule has 18 heavy (non-hydrogen) atoms. The van der Waals surface area contributed by atoms with Gasteiger partial charge in [0.05, 0.1) is 6.10 Å². The van der Waals surface area contributed by atoms with Crippen molar-refractivity contribution in [3.63, 3.8) is 0 Å². The largest absolute Gasteiger partial charge is 0.378 e. The van der Waals surface area contributed by atoms with E-state index in [1.807, 2.05) is 6.08 Å². The number of rotatable bonds is 10. The highest BCUT2D eigenvalue weighted by atomic mass is 16.5. The second-order valence-corrected chi connectivity index (χ2v) is 5.36. The van der Waals surface area contributed by atoms with Gasteiger partial charge in [0, 0.05) is 12.6 Å². The lowest BCUT2D eigenvalue weighted by atomic mass is 9.98. The van der Waals surface area contributed by atoms with E-state index in [1.54, 1.807) is 0 Å². The average molecular weight is 254 g/mol. The molecule has 0 aromatic carbocycles. The van der Waals surface area contributed by atoms with E-state index < -0.39 is 0 Å². The van der Waals surface area contributed by atoms with E-state index >= 15 is 0 Å². The van der Waals surface area contributed by atoms with Crippen molar-refractivity contribution in [3.8, 4) is 0 Å². The minimum absolute atomic E-state index is 0.458. The van der Waals surface area contributed by atoms with Crippen LogP contribution >= 0.6 is 0 Å². The molecular weight excluding hydrogens is 224 g/mol. The summed E-state index contributed by atoms with van der Waals surface area (Å²) in [4.78, 5) is 0. The predicted octanol–water partition coefficient (Wildman–Crippen LogP) is 3.30. The van der Waals surface area contributed by atoms with Gasteiger partial charge in [0.1, 0.15) is 0 Å². The van der Waals surface area contributed by atoms with Crippen molar-refractivity contribution in [2.75, 3.05) is 6.61 Å². The normalized spacial score (nSPS) is 21.7. The van der Waals surface area contributed by atoms with Gasteiger partial charge in [-0.25, -0.2) is 0 Å². The Labute approximate surface area is 112 Å². The molecule has 0 aliphatic carbocycles. The lowest BCUT2D eigenvalue weighted by Gasteiger charge is -2.24. The van der Waals surface area contributed by atoms with Crippen molar-refractivity contribution < 1.29 is 4.74 Å². The maximum atomic E-state index is 5.75. The Morgan fingerprint density at radius 2 is 2.17 bits per heavy atom. The standard InChI is InChI=1S/C15H30N2O/c1-2-3-4-5-6-9-14(17-16)11-12-15-10-7-8-13-18-15/h2,14-15,17H,1,3-13,16H2. The first-order valence-corrected chi connectivity index (χ1v) is 7.55. The molecule has 1 heterocycles. The molecule has 3 N–H and O–H groups in total. The van der Waals surface area contributed by atoms with E-state index in [4.69, 9.17) is 10.6 Å². The van der Waals surface area contributed by atoms with Crippen molar-refractivity contribution in [1.82, 2.24) is 5.43 Å². The van der Waals surface area contributed by atoms with Crippen molar-refractivity contribution in [1.29, 1.82) is 0 Å². The molecule has 106 valence electrons. The van der Waals surface area contributed by atoms with E-state index in [2.05, 4.69) is 12.0 Å². The molecule has 0 spiro atoms. The number of hydrazine groups is 1. The van der Waals surface area contributed by atoms with Gasteiger partial charge in [0.15, 0.2) is 0 Å². The Kier molecular flexibility index (Phi) is 9.17. The highest BCUT2D eigenvalue weighted by molar-refractivity contribution is 4.71. The fraction of sp³-hybridized carbons (Fsp3) is 0.867. The Bertz CT molecular complexity index is 203. The van der Waals surface area contributed by atoms with E-state index in [1.165, 1.54) is 44.9 Å². The fourth-order valence-electron chi connectivity index (χ4n) is 2.59. The molecular formula is C15H30N2O. The smallest absolute Gasteiger partial charge is 0.0575 e. The van der Waals surface area contributed by atoms with Gasteiger partial charge in [-0.2, -0.15) is 0 Å². The maximum absolute atomic E-state index is 5.75. The van der Waals surface area contributed by atoms with E-state index in [9.17, 15) is 0 Å². The van der Waals surface area contributed by atoms with Crippen LogP contribution in [0.1, 0.15) is 64.2 Å². The van der Waals surface area contributed by atoms with Crippen LogP contribution in [0.2, 0.25) is 0 Å². The maximum Gasteiger partial charge on any atom is 0.0575 e. The first-order valence-electron chi connectivity index (χ1n) is 7.55. The molecule has 0 saturated carbocycles. The van der Waals surface area contributed by atoms with Gasteiger partial charge >= 0.3 is 0 Å². The van der Waals surface area contributed by atoms with Crippen LogP contribution < -0.4 is 11.3 Å². The van der Waals surface area contributed by atoms with Crippen LogP contribution in [0.4, 0.5) is 0 Å². The third kappa shape index (κ3) is 7.14. The van der Waals surface area contributed by atoms with Crippen molar-refractivity contribution in [2.45, 2.75) is 76.4 Å². The summed E-state index contributed by atoms with van der Waals surface area (Å²) >= 11 is 0. The molecule has 0 radical (unpaired) electrons. The number of ether oxygens (including phenoxy) is 1. The number of hydrogen-bond donors (Lipinski definition) is 2. The lowest BCUT2D eigenvalue weighted by Crippen LogP contribution is -2.36. The molecule has 1 fully saturated rings. The van der Waals surface area contributed by atoms with Crippen LogP contribution in [0.25, 0.3) is 0 Å². The Hall–Kier alpha value is -0.380. The molecule has 1 saturated heterocycles. The van der Waals surface area contributed by atoms with E-state index in [-0.39, 0.29) is 0 Å². The first kappa shape index (κ1) is 15.7. The zero-order chi connectivity index (χ0) is 13.1. The summed E-state index contributed by atoms with van der Waals surface area (Å²) in [5.41, 5.74) is 2.96. The zero-order valence-electron chi connectivity index (χ0n) is 11.7. The molecule has 0 aromatic rings. The molecule has 1 aliphatic rings. The van der Waals surface area contributed by atoms with Crippen LogP contribution in [0, 0.1) is 0 Å². The summed E-state index contributed by atoms with van der Waals surface area (Å²) in [5.74, 6) is 5.62. The molecule has 3 heteroatoms. The summed E-state index contributed by atoms with van der Waals surface area (Å²) in [6.45, 7) is 4.70. The Morgan fingerprint density at radius 3 is 2.83 bits per heavy atom. The van der Waals surface area contributed by atoms with Gasteiger partial charge < -0.3 is 4.74 Å². The molecule has 2 unspecified atom stereocenters. The Balaban J connectivity index is 2.03. The molecule has 2 atom stereocenters. The van der Waals surface area contributed by atoms with Gasteiger partial charge in [-0.3, -0.25) is 11.3 Å². The van der Waals surface area contributed by atoms with Gasteiger partial charge in [-0.15, -0.1) is 6.58 Å². The van der Waals surface area contributed by atoms with Crippen LogP contribution in [-0.2, 0) is 4.74 Å². The number of nitrogens with two attached hydrogens (primary N) is 1. The molecule has 0 amide bonds. The van der Waals surface area contributed by atoms with E-state index in [0.29, 0.717) is 12.1 Å². The summed E-state index contributed by atoms with van der Waals surface area (Å²) in [6.07, 6.45) is 14.7. The predicted molar refractivity (Wildman–Crippen MR) is 77.2 cm³/mol. The molecule has 0 bridgehead atoms. The lowest BCUT2D eigenvalue weighted by molar-refractivity contribution is 0.00841. The Morgan fingerprint density at radius 1 is 1.28 bits per heavy atom. The SMILES string of the molecule is C=CCCCCCC(CCC1CCCCO1)NN. The van der Waals surface area contributed by atoms with Crippen LogP contribution in [0.3, 0.4) is 0 Å². The van der Waals surface area contributed by atoms with Gasteiger partial charge in [-0.1, -0.05) is 18.9 Å². The highest BCUT2D eigenvalue weighted by Gasteiger charge is 2.15. The van der Waals surface area contributed by atoms with Crippen molar-refractivity contribution in [3.05, 3.63) is 12.7 Å². The third-order valence-corrected chi connectivity index (χ3v) is 3.81. The molecule has 1 aliphatic heterocycles. The average Bonchev–Trinajstić information content (AvgIpc) is 2.43. The highest BCUT2D eigenvalue weighted by Crippen LogP contribution is 2.19. The quantitative estimate of drug-likeness (QED) is 0.272. The first-order chi connectivity index (χ1) is 8.86. The monoisotopic (exact) mass is 254 g/mol. The minimum Gasteiger partial charge on any atom is -0.378 e. The van der Waals surface area contributed by atoms with Gasteiger partial charge in [0.25, 0.3) is 0 Å². The fourth-order valence-corrected chi connectivity index (χ4v) is 2.59. The zero-order valence-corrected chi connectivity index (χ0v) is 11.7. The second-order valence-electron chi connectivity index (χ2n) is 5.36. The van der Waals surface area contributed by atoms with Gasteiger partial charge in [-0.05, 0) is 51.4 Å². The molecule has 0 aromatic heterocycles. The third-order valence-electron chi connectivity index (χ3n) is 3.81. The molecule has 1 rings (SSSR count). The number of hydrogen-bond acceptors (Lipinski definition) is 3. The minimum atomic E-state index is 0.458. The summed E-state index contributed by atoms with van der Waals surface area (Å²) in [5, 5.41) is 0. The van der Waals surface area contributed by atoms with Crippen molar-refractivity contribution >= 4 is 0 Å².